The maximum atomic E-state index is 13.0. The van der Waals surface area contributed by atoms with Gasteiger partial charge < -0.3 is 0 Å². The van der Waals surface area contributed by atoms with Gasteiger partial charge in [-0.1, -0.05) is 48.5 Å². The van der Waals surface area contributed by atoms with Crippen molar-refractivity contribution in [2.45, 2.75) is 6.42 Å². The van der Waals surface area contributed by atoms with Gasteiger partial charge in [0.05, 0.1) is 0 Å². The van der Waals surface area contributed by atoms with E-state index >= 15 is 0 Å². The molecule has 0 saturated heterocycles. The van der Waals surface area contributed by atoms with Crippen LogP contribution in [0.1, 0.15) is 43.0 Å². The molecule has 0 aromatic heterocycles. The predicted octanol–water partition coefficient (Wildman–Crippen LogP) is 6.02. The van der Waals surface area contributed by atoms with Gasteiger partial charge in [0.25, 0.3) is 0 Å². The van der Waals surface area contributed by atoms with E-state index in [4.69, 9.17) is 0 Å². The fraction of sp³-hybridized carbons (Fsp3) is 0.0370. The lowest BCUT2D eigenvalue weighted by molar-refractivity contribution is 0.103. The van der Waals surface area contributed by atoms with Crippen molar-refractivity contribution in [1.29, 1.82) is 0 Å². The molecule has 2 nitrogen and oxygen atoms in total. The summed E-state index contributed by atoms with van der Waals surface area (Å²) in [7, 11) is 0. The molecule has 4 aromatic carbocycles. The van der Waals surface area contributed by atoms with Gasteiger partial charge in [0.15, 0.2) is 11.6 Å². The molecule has 0 aliphatic heterocycles. The number of hydrogen-bond donors (Lipinski definition) is 0. The van der Waals surface area contributed by atoms with Crippen LogP contribution in [0.25, 0.3) is 0 Å². The van der Waals surface area contributed by atoms with Crippen molar-refractivity contribution in [3.63, 3.8) is 0 Å². The highest BCUT2D eigenvalue weighted by atomic mass is 19.1. The Morgan fingerprint density at radius 3 is 1.00 bits per heavy atom. The maximum Gasteiger partial charge on any atom is 0.193 e. The van der Waals surface area contributed by atoms with Gasteiger partial charge in [0.2, 0.25) is 0 Å². The highest BCUT2D eigenvalue weighted by Crippen LogP contribution is 2.17. The van der Waals surface area contributed by atoms with Crippen LogP contribution in [0.3, 0.4) is 0 Å². The van der Waals surface area contributed by atoms with Gasteiger partial charge in [-0.2, -0.15) is 0 Å². The molecule has 0 fully saturated rings. The quantitative estimate of drug-likeness (QED) is 0.363. The number of ketones is 2. The van der Waals surface area contributed by atoms with Crippen LogP contribution in [0.2, 0.25) is 0 Å². The van der Waals surface area contributed by atoms with E-state index < -0.39 is 0 Å². The molecule has 152 valence electrons. The van der Waals surface area contributed by atoms with E-state index in [2.05, 4.69) is 0 Å². The van der Waals surface area contributed by atoms with E-state index in [0.717, 1.165) is 11.1 Å². The van der Waals surface area contributed by atoms with Crippen LogP contribution in [-0.2, 0) is 6.42 Å². The molecule has 0 heterocycles. The molecule has 0 unspecified atom stereocenters. The van der Waals surface area contributed by atoms with Crippen LogP contribution in [0.4, 0.5) is 8.78 Å². The van der Waals surface area contributed by atoms with Gasteiger partial charge in [0, 0.05) is 22.3 Å². The van der Waals surface area contributed by atoms with Crippen LogP contribution in [0.15, 0.2) is 97.1 Å². The number of rotatable bonds is 6. The number of carbonyl (C=O) groups excluding carboxylic acids is 2. The second-order valence-corrected chi connectivity index (χ2v) is 7.24. The first-order valence-electron chi connectivity index (χ1n) is 9.78. The van der Waals surface area contributed by atoms with Crippen molar-refractivity contribution >= 4 is 11.6 Å². The first-order valence-corrected chi connectivity index (χ1v) is 9.78. The van der Waals surface area contributed by atoms with Crippen LogP contribution in [-0.4, -0.2) is 11.6 Å². The second kappa shape index (κ2) is 8.84. The molecule has 0 atom stereocenters. The summed E-state index contributed by atoms with van der Waals surface area (Å²) in [6, 6.07) is 25.5. The third-order valence-corrected chi connectivity index (χ3v) is 5.05. The standard InChI is InChI=1S/C27H18F2O2/c28-24-13-9-22(10-14-24)26(30)20-5-1-18(2-6-20)17-19-3-7-21(8-4-19)27(31)23-11-15-25(29)16-12-23/h1-16H,17H2. The van der Waals surface area contributed by atoms with E-state index in [9.17, 15) is 18.4 Å². The van der Waals surface area contributed by atoms with Gasteiger partial charge in [-0.3, -0.25) is 9.59 Å². The predicted molar refractivity (Wildman–Crippen MR) is 115 cm³/mol. The van der Waals surface area contributed by atoms with E-state index in [1.54, 1.807) is 24.3 Å². The fourth-order valence-corrected chi connectivity index (χ4v) is 3.32. The Bertz CT molecular complexity index is 1110. The molecule has 0 spiro atoms. The van der Waals surface area contributed by atoms with Crippen molar-refractivity contribution in [3.8, 4) is 0 Å². The van der Waals surface area contributed by atoms with Crippen LogP contribution >= 0.6 is 0 Å². The number of benzene rings is 4. The summed E-state index contributed by atoms with van der Waals surface area (Å²) in [5, 5.41) is 0. The third-order valence-electron chi connectivity index (χ3n) is 5.05. The molecule has 4 heteroatoms. The van der Waals surface area contributed by atoms with Crippen LogP contribution in [0, 0.1) is 11.6 Å². The normalized spacial score (nSPS) is 10.6. The molecule has 4 aromatic rings. The summed E-state index contributed by atoms with van der Waals surface area (Å²) in [5.74, 6) is -1.07. The maximum absolute atomic E-state index is 13.0. The second-order valence-electron chi connectivity index (χ2n) is 7.24. The van der Waals surface area contributed by atoms with Gasteiger partial charge in [-0.25, -0.2) is 8.78 Å². The monoisotopic (exact) mass is 412 g/mol. The molecule has 4 rings (SSSR count). The molecule has 0 N–H and O–H groups in total. The number of carbonyl (C=O) groups is 2. The lowest BCUT2D eigenvalue weighted by Crippen LogP contribution is -2.02. The van der Waals surface area contributed by atoms with E-state index in [1.165, 1.54) is 48.5 Å². The Morgan fingerprint density at radius 2 is 0.710 bits per heavy atom. The lowest BCUT2D eigenvalue weighted by Gasteiger charge is -2.06. The molecular formula is C27H18F2O2. The van der Waals surface area contributed by atoms with Gasteiger partial charge in [-0.05, 0) is 66.1 Å². The third kappa shape index (κ3) is 4.81. The summed E-state index contributed by atoms with van der Waals surface area (Å²) in [5.41, 5.74) is 4.00. The summed E-state index contributed by atoms with van der Waals surface area (Å²) in [4.78, 5) is 25.0. The summed E-state index contributed by atoms with van der Waals surface area (Å²) < 4.78 is 26.1. The van der Waals surface area contributed by atoms with E-state index in [-0.39, 0.29) is 23.2 Å². The van der Waals surface area contributed by atoms with Gasteiger partial charge >= 0.3 is 0 Å². The molecule has 0 saturated carbocycles. The SMILES string of the molecule is O=C(c1ccc(F)cc1)c1ccc(Cc2ccc(C(=O)c3ccc(F)cc3)cc2)cc1. The van der Waals surface area contributed by atoms with Gasteiger partial charge in [-0.15, -0.1) is 0 Å². The van der Waals surface area contributed by atoms with Crippen molar-refractivity contribution in [2.75, 3.05) is 0 Å². The topological polar surface area (TPSA) is 34.1 Å². The molecule has 0 aliphatic carbocycles. The van der Waals surface area contributed by atoms with Crippen LogP contribution < -0.4 is 0 Å². The zero-order valence-corrected chi connectivity index (χ0v) is 16.5. The largest absolute Gasteiger partial charge is 0.289 e. The molecule has 0 amide bonds. The molecular weight excluding hydrogens is 394 g/mol. The Morgan fingerprint density at radius 1 is 0.452 bits per heavy atom. The lowest BCUT2D eigenvalue weighted by atomic mass is 9.97. The molecule has 31 heavy (non-hydrogen) atoms. The van der Waals surface area contributed by atoms with Crippen molar-refractivity contribution < 1.29 is 18.4 Å². The highest BCUT2D eigenvalue weighted by molar-refractivity contribution is 6.09. The van der Waals surface area contributed by atoms with E-state index in [1.807, 2.05) is 24.3 Å². The smallest absolute Gasteiger partial charge is 0.193 e. The Balaban J connectivity index is 1.43. The Hall–Kier alpha value is -3.92. The Labute approximate surface area is 178 Å². The minimum Gasteiger partial charge on any atom is -0.289 e. The average Bonchev–Trinajstić information content (AvgIpc) is 2.80. The zero-order chi connectivity index (χ0) is 21.8. The minimum absolute atomic E-state index is 0.157. The summed E-state index contributed by atoms with van der Waals surface area (Å²) >= 11 is 0. The van der Waals surface area contributed by atoms with E-state index in [0.29, 0.717) is 28.7 Å². The van der Waals surface area contributed by atoms with Crippen molar-refractivity contribution in [3.05, 3.63) is 142 Å². The van der Waals surface area contributed by atoms with Crippen molar-refractivity contribution in [2.24, 2.45) is 0 Å². The van der Waals surface area contributed by atoms with Crippen LogP contribution in [0.5, 0.6) is 0 Å². The van der Waals surface area contributed by atoms with Crippen molar-refractivity contribution in [1.82, 2.24) is 0 Å². The minimum atomic E-state index is -0.378. The molecule has 0 bridgehead atoms. The average molecular weight is 412 g/mol. The first kappa shape index (κ1) is 20.4. The zero-order valence-electron chi connectivity index (χ0n) is 16.5. The first-order chi connectivity index (χ1) is 15.0. The number of halogens is 2. The summed E-state index contributed by atoms with van der Waals surface area (Å²) in [6.07, 6.45) is 0.649. The Kier molecular flexibility index (Phi) is 5.80. The fourth-order valence-electron chi connectivity index (χ4n) is 3.32. The highest BCUT2D eigenvalue weighted by Gasteiger charge is 2.11. The molecule has 0 radical (unpaired) electrons. The van der Waals surface area contributed by atoms with Gasteiger partial charge in [0.1, 0.15) is 11.6 Å². The molecule has 0 aliphatic rings. The summed E-state index contributed by atoms with van der Waals surface area (Å²) in [6.45, 7) is 0. The number of hydrogen-bond acceptors (Lipinski definition) is 2.